The smallest absolute Gasteiger partial charge is 0.193 e. The molecule has 0 bridgehead atoms. The Morgan fingerprint density at radius 2 is 1.91 bits per heavy atom. The number of ether oxygens (including phenoxy) is 1. The van der Waals surface area contributed by atoms with Crippen molar-refractivity contribution in [3.63, 3.8) is 0 Å². The molecule has 1 fully saturated rings. The Morgan fingerprint density at radius 3 is 2.48 bits per heavy atom. The first-order chi connectivity index (χ1) is 10.7. The molecule has 0 aromatic heterocycles. The van der Waals surface area contributed by atoms with Gasteiger partial charge in [0.2, 0.25) is 0 Å². The van der Waals surface area contributed by atoms with E-state index in [1.807, 2.05) is 24.3 Å². The first kappa shape index (κ1) is 20.0. The molecule has 0 unspecified atom stereocenters. The summed E-state index contributed by atoms with van der Waals surface area (Å²) in [6, 6.07) is 7.57. The van der Waals surface area contributed by atoms with Gasteiger partial charge in [0.15, 0.2) is 5.96 Å². The van der Waals surface area contributed by atoms with Crippen LogP contribution in [0.4, 0.5) is 5.69 Å². The lowest BCUT2D eigenvalue weighted by Crippen LogP contribution is -2.31. The van der Waals surface area contributed by atoms with Crippen molar-refractivity contribution in [1.29, 1.82) is 0 Å². The van der Waals surface area contributed by atoms with E-state index < -0.39 is 0 Å². The molecule has 4 N–H and O–H groups in total. The number of guanidine groups is 1. The van der Waals surface area contributed by atoms with Crippen LogP contribution in [0.2, 0.25) is 0 Å². The first-order valence-electron chi connectivity index (χ1n) is 7.99. The van der Waals surface area contributed by atoms with Crippen LogP contribution in [0, 0.1) is 5.41 Å². The van der Waals surface area contributed by atoms with Crippen molar-refractivity contribution >= 4 is 35.6 Å². The van der Waals surface area contributed by atoms with Crippen LogP contribution in [0.1, 0.15) is 38.5 Å². The highest BCUT2D eigenvalue weighted by atomic mass is 127. The Hall–Kier alpha value is -1.02. The number of aliphatic imine (C=N–C) groups is 1. The highest BCUT2D eigenvalue weighted by Crippen LogP contribution is 2.39. The third-order valence-corrected chi connectivity index (χ3v) is 4.50. The Balaban J connectivity index is 0.00000264. The molecule has 2 rings (SSSR count). The Kier molecular flexibility index (Phi) is 8.68. The molecule has 0 amide bonds. The molecule has 0 radical (unpaired) electrons. The highest BCUT2D eigenvalue weighted by molar-refractivity contribution is 14.0. The number of benzene rings is 1. The topological polar surface area (TPSA) is 79.9 Å². The summed E-state index contributed by atoms with van der Waals surface area (Å²) in [5, 5.41) is 12.4. The van der Waals surface area contributed by atoms with Crippen molar-refractivity contribution in [2.75, 3.05) is 25.6 Å². The van der Waals surface area contributed by atoms with E-state index in [-0.39, 0.29) is 36.0 Å². The number of halogens is 1. The molecule has 5 nitrogen and oxygen atoms in total. The van der Waals surface area contributed by atoms with E-state index in [2.05, 4.69) is 10.3 Å². The molecule has 6 heteroatoms. The average molecular weight is 433 g/mol. The van der Waals surface area contributed by atoms with Gasteiger partial charge in [-0.25, -0.2) is 0 Å². The van der Waals surface area contributed by atoms with Gasteiger partial charge in [0.05, 0.1) is 7.11 Å². The van der Waals surface area contributed by atoms with Crippen LogP contribution in [0.3, 0.4) is 0 Å². The van der Waals surface area contributed by atoms with E-state index in [1.54, 1.807) is 7.11 Å². The van der Waals surface area contributed by atoms with Crippen molar-refractivity contribution in [2.24, 2.45) is 16.1 Å². The normalized spacial score (nSPS) is 17.2. The van der Waals surface area contributed by atoms with Gasteiger partial charge in [0, 0.05) is 18.8 Å². The molecule has 130 valence electrons. The van der Waals surface area contributed by atoms with E-state index in [0.29, 0.717) is 12.5 Å². The molecular weight excluding hydrogens is 405 g/mol. The standard InChI is InChI=1S/C17H27N3O2.HI/c1-22-15-7-5-14(6-8-15)20-16(18)19-13-17(11-12-21)9-3-2-4-10-17;/h5-8,21H,2-4,9-13H2,1H3,(H3,18,19,20);1H. The summed E-state index contributed by atoms with van der Waals surface area (Å²) >= 11 is 0. The van der Waals surface area contributed by atoms with Gasteiger partial charge in [-0.15, -0.1) is 24.0 Å². The number of hydrogen-bond donors (Lipinski definition) is 3. The number of aliphatic hydroxyl groups is 1. The molecule has 0 heterocycles. The molecule has 0 atom stereocenters. The third-order valence-electron chi connectivity index (χ3n) is 4.50. The quantitative estimate of drug-likeness (QED) is 0.365. The summed E-state index contributed by atoms with van der Waals surface area (Å²) in [5.41, 5.74) is 7.01. The Labute approximate surface area is 155 Å². The fourth-order valence-corrected chi connectivity index (χ4v) is 3.14. The van der Waals surface area contributed by atoms with Crippen molar-refractivity contribution in [3.05, 3.63) is 24.3 Å². The second-order valence-electron chi connectivity index (χ2n) is 6.09. The first-order valence-corrected chi connectivity index (χ1v) is 7.99. The van der Waals surface area contributed by atoms with Crippen LogP contribution in [0.5, 0.6) is 5.75 Å². The SMILES string of the molecule is COc1ccc(NC(N)=NCC2(CCO)CCCCC2)cc1.I. The minimum atomic E-state index is 0. The third kappa shape index (κ3) is 6.18. The number of hydrogen-bond acceptors (Lipinski definition) is 3. The second-order valence-corrected chi connectivity index (χ2v) is 6.09. The van der Waals surface area contributed by atoms with E-state index in [9.17, 15) is 5.11 Å². The van der Waals surface area contributed by atoms with Crippen molar-refractivity contribution in [2.45, 2.75) is 38.5 Å². The summed E-state index contributed by atoms with van der Waals surface area (Å²) in [6.07, 6.45) is 6.81. The van der Waals surface area contributed by atoms with Crippen molar-refractivity contribution in [3.8, 4) is 5.75 Å². The Morgan fingerprint density at radius 1 is 1.26 bits per heavy atom. The molecule has 1 saturated carbocycles. The number of nitrogens with zero attached hydrogens (tertiary/aromatic N) is 1. The van der Waals surface area contributed by atoms with Gasteiger partial charge in [0.1, 0.15) is 5.75 Å². The molecular formula is C17H28IN3O2. The largest absolute Gasteiger partial charge is 0.497 e. The van der Waals surface area contributed by atoms with E-state index in [1.165, 1.54) is 19.3 Å². The molecule has 1 aromatic carbocycles. The van der Waals surface area contributed by atoms with E-state index in [4.69, 9.17) is 10.5 Å². The van der Waals surface area contributed by atoms with Gasteiger partial charge in [-0.2, -0.15) is 0 Å². The summed E-state index contributed by atoms with van der Waals surface area (Å²) in [4.78, 5) is 4.52. The van der Waals surface area contributed by atoms with E-state index >= 15 is 0 Å². The predicted octanol–water partition coefficient (Wildman–Crippen LogP) is 3.37. The average Bonchev–Trinajstić information content (AvgIpc) is 2.55. The number of aliphatic hydroxyl groups excluding tert-OH is 1. The number of rotatable bonds is 6. The molecule has 0 saturated heterocycles. The summed E-state index contributed by atoms with van der Waals surface area (Å²) < 4.78 is 5.13. The zero-order chi connectivity index (χ0) is 15.8. The number of nitrogens with one attached hydrogen (secondary N) is 1. The maximum Gasteiger partial charge on any atom is 0.193 e. The second kappa shape index (κ2) is 9.97. The lowest BCUT2D eigenvalue weighted by molar-refractivity contribution is 0.137. The van der Waals surface area contributed by atoms with Gasteiger partial charge < -0.3 is 20.9 Å². The van der Waals surface area contributed by atoms with Crippen molar-refractivity contribution in [1.82, 2.24) is 0 Å². The van der Waals surface area contributed by atoms with Crippen molar-refractivity contribution < 1.29 is 9.84 Å². The summed E-state index contributed by atoms with van der Waals surface area (Å²) in [6.45, 7) is 0.907. The van der Waals surface area contributed by atoms with Crippen LogP contribution >= 0.6 is 24.0 Å². The number of nitrogens with two attached hydrogens (primary N) is 1. The predicted molar refractivity (Wildman–Crippen MR) is 106 cm³/mol. The monoisotopic (exact) mass is 433 g/mol. The van der Waals surface area contributed by atoms with Crippen LogP contribution in [0.15, 0.2) is 29.3 Å². The minimum Gasteiger partial charge on any atom is -0.497 e. The fraction of sp³-hybridized carbons (Fsp3) is 0.588. The molecule has 0 spiro atoms. The molecule has 1 aliphatic carbocycles. The minimum absolute atomic E-state index is 0. The Bertz CT molecular complexity index is 480. The maximum atomic E-state index is 9.33. The van der Waals surface area contributed by atoms with Gasteiger partial charge in [0.25, 0.3) is 0 Å². The summed E-state index contributed by atoms with van der Waals surface area (Å²) in [7, 11) is 1.64. The van der Waals surface area contributed by atoms with Gasteiger partial charge >= 0.3 is 0 Å². The summed E-state index contributed by atoms with van der Waals surface area (Å²) in [5.74, 6) is 1.23. The lowest BCUT2D eigenvalue weighted by Gasteiger charge is -2.35. The molecule has 23 heavy (non-hydrogen) atoms. The molecule has 1 aliphatic rings. The molecule has 1 aromatic rings. The van der Waals surface area contributed by atoms with Crippen LogP contribution in [-0.2, 0) is 0 Å². The van der Waals surface area contributed by atoms with Crippen LogP contribution in [-0.4, -0.2) is 31.3 Å². The lowest BCUT2D eigenvalue weighted by atomic mass is 9.72. The van der Waals surface area contributed by atoms with Gasteiger partial charge in [-0.3, -0.25) is 4.99 Å². The van der Waals surface area contributed by atoms with Gasteiger partial charge in [-0.05, 0) is 48.9 Å². The highest BCUT2D eigenvalue weighted by Gasteiger charge is 2.31. The van der Waals surface area contributed by atoms with E-state index in [0.717, 1.165) is 30.7 Å². The number of methoxy groups -OCH3 is 1. The maximum absolute atomic E-state index is 9.33. The van der Waals surface area contributed by atoms with Crippen LogP contribution < -0.4 is 15.8 Å². The van der Waals surface area contributed by atoms with Gasteiger partial charge in [-0.1, -0.05) is 19.3 Å². The molecule has 0 aliphatic heterocycles. The zero-order valence-electron chi connectivity index (χ0n) is 13.8. The van der Waals surface area contributed by atoms with Crippen LogP contribution in [0.25, 0.3) is 0 Å². The zero-order valence-corrected chi connectivity index (χ0v) is 16.1. The fourth-order valence-electron chi connectivity index (χ4n) is 3.14. The number of anilines is 1.